The van der Waals surface area contributed by atoms with Gasteiger partial charge in [-0.2, -0.15) is 5.10 Å². The lowest BCUT2D eigenvalue weighted by Gasteiger charge is -2.11. The standard InChI is InChI=1S/C17H19N3O5S/c1-10-7-13(19-18-10)15-9-17(11(2)25-15)26(21,22)20-12-5-6-14(23-3)16(8-12)24-4/h5-9,20H,1-4H3,(H,18,19). The molecule has 26 heavy (non-hydrogen) atoms. The number of methoxy groups -OCH3 is 2. The minimum absolute atomic E-state index is 0.0444. The molecule has 3 aromatic rings. The first-order chi connectivity index (χ1) is 12.3. The van der Waals surface area contributed by atoms with Gasteiger partial charge in [-0.05, 0) is 32.0 Å². The quantitative estimate of drug-likeness (QED) is 0.684. The fraction of sp³-hybridized carbons (Fsp3) is 0.235. The Morgan fingerprint density at radius 1 is 1.08 bits per heavy atom. The van der Waals surface area contributed by atoms with Crippen molar-refractivity contribution in [2.75, 3.05) is 18.9 Å². The van der Waals surface area contributed by atoms with Crippen molar-refractivity contribution >= 4 is 15.7 Å². The highest BCUT2D eigenvalue weighted by Gasteiger charge is 2.23. The third-order valence-corrected chi connectivity index (χ3v) is 5.24. The number of benzene rings is 1. The van der Waals surface area contributed by atoms with E-state index in [0.29, 0.717) is 28.6 Å². The summed E-state index contributed by atoms with van der Waals surface area (Å²) in [6.45, 7) is 3.44. The van der Waals surface area contributed by atoms with E-state index in [4.69, 9.17) is 13.9 Å². The van der Waals surface area contributed by atoms with Crippen LogP contribution >= 0.6 is 0 Å². The van der Waals surface area contributed by atoms with E-state index in [0.717, 1.165) is 5.69 Å². The van der Waals surface area contributed by atoms with Crippen LogP contribution in [0.3, 0.4) is 0 Å². The normalized spacial score (nSPS) is 11.4. The zero-order chi connectivity index (χ0) is 18.9. The maximum atomic E-state index is 12.8. The van der Waals surface area contributed by atoms with Crippen LogP contribution in [0, 0.1) is 13.8 Å². The minimum Gasteiger partial charge on any atom is -0.493 e. The minimum atomic E-state index is -3.85. The van der Waals surface area contributed by atoms with Crippen molar-refractivity contribution < 1.29 is 22.3 Å². The summed E-state index contributed by atoms with van der Waals surface area (Å²) in [5, 5.41) is 6.88. The number of aryl methyl sites for hydroxylation is 2. The number of nitrogens with one attached hydrogen (secondary N) is 2. The molecule has 0 radical (unpaired) electrons. The predicted molar refractivity (Wildman–Crippen MR) is 96.1 cm³/mol. The Bertz CT molecular complexity index is 1040. The number of furan rings is 1. The number of aromatic nitrogens is 2. The van der Waals surface area contributed by atoms with Gasteiger partial charge in [-0.3, -0.25) is 9.82 Å². The first-order valence-corrected chi connectivity index (χ1v) is 9.20. The molecule has 0 aliphatic carbocycles. The van der Waals surface area contributed by atoms with Gasteiger partial charge in [0.2, 0.25) is 0 Å². The SMILES string of the molecule is COc1ccc(NS(=O)(=O)c2cc(-c3cc(C)[nH]n3)oc2C)cc1OC. The van der Waals surface area contributed by atoms with Crippen molar-refractivity contribution in [3.63, 3.8) is 0 Å². The molecule has 0 aliphatic rings. The van der Waals surface area contributed by atoms with Crippen LogP contribution in [0.2, 0.25) is 0 Å². The molecule has 2 aromatic heterocycles. The smallest absolute Gasteiger partial charge is 0.265 e. The molecule has 0 fully saturated rings. The second kappa shape index (κ2) is 6.75. The summed E-state index contributed by atoms with van der Waals surface area (Å²) in [4.78, 5) is 0.0444. The van der Waals surface area contributed by atoms with Gasteiger partial charge < -0.3 is 13.9 Å². The number of hydrogen-bond donors (Lipinski definition) is 2. The Kier molecular flexibility index (Phi) is 4.64. The molecule has 2 heterocycles. The number of rotatable bonds is 6. The second-order valence-electron chi connectivity index (χ2n) is 5.64. The predicted octanol–water partition coefficient (Wildman–Crippen LogP) is 3.10. The van der Waals surface area contributed by atoms with Crippen LogP contribution in [0.25, 0.3) is 11.5 Å². The number of H-pyrrole nitrogens is 1. The van der Waals surface area contributed by atoms with Gasteiger partial charge in [0.05, 0.1) is 19.9 Å². The summed E-state index contributed by atoms with van der Waals surface area (Å²) in [6.07, 6.45) is 0. The van der Waals surface area contributed by atoms with Crippen LogP contribution in [-0.2, 0) is 10.0 Å². The van der Waals surface area contributed by atoms with Crippen LogP contribution < -0.4 is 14.2 Å². The van der Waals surface area contributed by atoms with Crippen LogP contribution in [0.4, 0.5) is 5.69 Å². The zero-order valence-electron chi connectivity index (χ0n) is 14.8. The lowest BCUT2D eigenvalue weighted by atomic mass is 10.3. The third-order valence-electron chi connectivity index (χ3n) is 3.76. The van der Waals surface area contributed by atoms with E-state index in [2.05, 4.69) is 14.9 Å². The molecule has 0 saturated heterocycles. The van der Waals surface area contributed by atoms with Gasteiger partial charge in [-0.15, -0.1) is 0 Å². The van der Waals surface area contributed by atoms with Gasteiger partial charge >= 0.3 is 0 Å². The van der Waals surface area contributed by atoms with Crippen LogP contribution in [0.5, 0.6) is 11.5 Å². The van der Waals surface area contributed by atoms with E-state index in [1.54, 1.807) is 31.2 Å². The number of anilines is 1. The molecule has 0 aliphatic heterocycles. The average Bonchev–Trinajstić information content (AvgIpc) is 3.20. The molecule has 0 saturated carbocycles. The molecule has 8 nitrogen and oxygen atoms in total. The molecule has 0 spiro atoms. The highest BCUT2D eigenvalue weighted by molar-refractivity contribution is 7.92. The van der Waals surface area contributed by atoms with E-state index in [1.807, 2.05) is 6.92 Å². The fourth-order valence-corrected chi connectivity index (χ4v) is 3.74. The summed E-state index contributed by atoms with van der Waals surface area (Å²) in [6, 6.07) is 7.98. The summed E-state index contributed by atoms with van der Waals surface area (Å²) in [5.41, 5.74) is 1.74. The molecule has 0 atom stereocenters. The monoisotopic (exact) mass is 377 g/mol. The highest BCUT2D eigenvalue weighted by atomic mass is 32.2. The number of ether oxygens (including phenoxy) is 2. The Morgan fingerprint density at radius 3 is 2.42 bits per heavy atom. The molecule has 9 heteroatoms. The molecule has 138 valence electrons. The average molecular weight is 377 g/mol. The van der Waals surface area contributed by atoms with Crippen LogP contribution in [-0.4, -0.2) is 32.8 Å². The van der Waals surface area contributed by atoms with Crippen molar-refractivity contribution in [1.29, 1.82) is 0 Å². The fourth-order valence-electron chi connectivity index (χ4n) is 2.51. The summed E-state index contributed by atoms with van der Waals surface area (Å²) in [7, 11) is -0.858. The maximum absolute atomic E-state index is 12.8. The second-order valence-corrected chi connectivity index (χ2v) is 7.29. The lowest BCUT2D eigenvalue weighted by Crippen LogP contribution is -2.13. The maximum Gasteiger partial charge on any atom is 0.265 e. The summed E-state index contributed by atoms with van der Waals surface area (Å²) >= 11 is 0. The summed E-state index contributed by atoms with van der Waals surface area (Å²) < 4.78 is 44.0. The van der Waals surface area contributed by atoms with E-state index in [-0.39, 0.29) is 10.7 Å². The van der Waals surface area contributed by atoms with Gasteiger partial charge in [0.15, 0.2) is 17.3 Å². The van der Waals surface area contributed by atoms with Crippen molar-refractivity contribution in [2.24, 2.45) is 0 Å². The number of aromatic amines is 1. The summed E-state index contributed by atoms with van der Waals surface area (Å²) in [5.74, 6) is 1.57. The van der Waals surface area contributed by atoms with Crippen LogP contribution in [0.15, 0.2) is 39.6 Å². The molecule has 1 aromatic carbocycles. The molecule has 0 unspecified atom stereocenters. The molecule has 0 amide bonds. The molecule has 2 N–H and O–H groups in total. The van der Waals surface area contributed by atoms with E-state index in [1.165, 1.54) is 20.3 Å². The van der Waals surface area contributed by atoms with Crippen molar-refractivity contribution in [3.05, 3.63) is 41.8 Å². The van der Waals surface area contributed by atoms with Gasteiger partial charge in [0.25, 0.3) is 10.0 Å². The van der Waals surface area contributed by atoms with Gasteiger partial charge in [0, 0.05) is 17.8 Å². The third kappa shape index (κ3) is 3.38. The van der Waals surface area contributed by atoms with Crippen LogP contribution in [0.1, 0.15) is 11.5 Å². The van der Waals surface area contributed by atoms with E-state index >= 15 is 0 Å². The number of sulfonamides is 1. The number of nitrogens with zero attached hydrogens (tertiary/aromatic N) is 1. The van der Waals surface area contributed by atoms with Gasteiger partial charge in [-0.25, -0.2) is 8.42 Å². The number of hydrogen-bond acceptors (Lipinski definition) is 6. The van der Waals surface area contributed by atoms with Gasteiger partial charge in [0.1, 0.15) is 16.3 Å². The zero-order valence-corrected chi connectivity index (χ0v) is 15.6. The Balaban J connectivity index is 1.92. The molecular weight excluding hydrogens is 358 g/mol. The van der Waals surface area contributed by atoms with Crippen molar-refractivity contribution in [2.45, 2.75) is 18.7 Å². The Hall–Kier alpha value is -2.94. The van der Waals surface area contributed by atoms with E-state index < -0.39 is 10.0 Å². The van der Waals surface area contributed by atoms with Crippen molar-refractivity contribution in [1.82, 2.24) is 10.2 Å². The molecule has 3 rings (SSSR count). The lowest BCUT2D eigenvalue weighted by molar-refractivity contribution is 0.355. The van der Waals surface area contributed by atoms with Crippen molar-refractivity contribution in [3.8, 4) is 23.0 Å². The highest BCUT2D eigenvalue weighted by Crippen LogP contribution is 2.32. The van der Waals surface area contributed by atoms with Gasteiger partial charge in [-0.1, -0.05) is 0 Å². The Morgan fingerprint density at radius 2 is 1.81 bits per heavy atom. The largest absolute Gasteiger partial charge is 0.493 e. The molecular formula is C17H19N3O5S. The molecule has 0 bridgehead atoms. The first kappa shape index (κ1) is 17.9. The first-order valence-electron chi connectivity index (χ1n) is 7.71. The topological polar surface area (TPSA) is 106 Å². The van der Waals surface area contributed by atoms with E-state index in [9.17, 15) is 8.42 Å². The Labute approximate surface area is 151 Å².